The van der Waals surface area contributed by atoms with Gasteiger partial charge in [0.1, 0.15) is 5.75 Å². The molecule has 2 aromatic rings. The highest BCUT2D eigenvalue weighted by Gasteiger charge is 2.05. The number of rotatable bonds is 7. The number of carboxylic acid groups (broad SMARTS) is 2. The maximum absolute atomic E-state index is 12.1. The summed E-state index contributed by atoms with van der Waals surface area (Å²) in [6, 6.07) is 12.3. The molecule has 0 unspecified atom stereocenters. The fourth-order valence-corrected chi connectivity index (χ4v) is 1.90. The second-order valence-electron chi connectivity index (χ2n) is 4.83. The van der Waals surface area contributed by atoms with Crippen molar-refractivity contribution >= 4 is 23.8 Å². The van der Waals surface area contributed by atoms with E-state index in [2.05, 4.69) is 0 Å². The van der Waals surface area contributed by atoms with Crippen LogP contribution in [-0.2, 0) is 4.79 Å². The summed E-state index contributed by atoms with van der Waals surface area (Å²) in [6.07, 6.45) is 2.87. The van der Waals surface area contributed by atoms with E-state index in [1.807, 2.05) is 0 Å². The van der Waals surface area contributed by atoms with Crippen molar-refractivity contribution in [2.45, 2.75) is 0 Å². The van der Waals surface area contributed by atoms with Gasteiger partial charge in [-0.2, -0.15) is 0 Å². The Morgan fingerprint density at radius 1 is 0.958 bits per heavy atom. The number of carbonyl (C=O) groups excluding carboxylic acids is 1. The first kappa shape index (κ1) is 17.0. The molecule has 0 aliphatic heterocycles. The third-order valence-corrected chi connectivity index (χ3v) is 3.06. The smallest absolute Gasteiger partial charge is 0.341 e. The summed E-state index contributed by atoms with van der Waals surface area (Å²) in [6.45, 7) is -0.451. The summed E-state index contributed by atoms with van der Waals surface area (Å²) in [5, 5.41) is 17.5. The molecule has 0 spiro atoms. The van der Waals surface area contributed by atoms with E-state index in [1.165, 1.54) is 48.6 Å². The summed E-state index contributed by atoms with van der Waals surface area (Å²) in [5.74, 6) is -2.03. The Balaban J connectivity index is 2.05. The van der Waals surface area contributed by atoms with Crippen LogP contribution in [0.1, 0.15) is 26.3 Å². The van der Waals surface area contributed by atoms with Crippen LogP contribution in [0.2, 0.25) is 0 Å². The quantitative estimate of drug-likeness (QED) is 0.599. The first-order valence-electron chi connectivity index (χ1n) is 6.96. The van der Waals surface area contributed by atoms with Gasteiger partial charge in [0.25, 0.3) is 0 Å². The van der Waals surface area contributed by atoms with Crippen LogP contribution in [0.3, 0.4) is 0 Å². The van der Waals surface area contributed by atoms with Crippen molar-refractivity contribution in [1.29, 1.82) is 0 Å². The molecule has 2 N–H and O–H groups in total. The monoisotopic (exact) mass is 326 g/mol. The van der Waals surface area contributed by atoms with Gasteiger partial charge in [-0.3, -0.25) is 4.79 Å². The minimum absolute atomic E-state index is 0.143. The molecule has 0 aliphatic carbocycles. The Morgan fingerprint density at radius 3 is 2.29 bits per heavy atom. The molecular weight excluding hydrogens is 312 g/mol. The Hall–Kier alpha value is -3.41. The highest BCUT2D eigenvalue weighted by atomic mass is 16.5. The van der Waals surface area contributed by atoms with Crippen LogP contribution in [0.15, 0.2) is 54.6 Å². The van der Waals surface area contributed by atoms with Gasteiger partial charge in [-0.15, -0.1) is 0 Å². The number of aliphatic carboxylic acids is 1. The lowest BCUT2D eigenvalue weighted by Gasteiger charge is -2.03. The van der Waals surface area contributed by atoms with E-state index < -0.39 is 18.5 Å². The molecule has 6 nitrogen and oxygen atoms in total. The second-order valence-corrected chi connectivity index (χ2v) is 4.83. The van der Waals surface area contributed by atoms with Gasteiger partial charge in [-0.1, -0.05) is 18.2 Å². The van der Waals surface area contributed by atoms with Crippen LogP contribution < -0.4 is 4.74 Å². The number of allylic oxidation sites excluding steroid dienone is 1. The molecule has 2 aromatic carbocycles. The standard InChI is InChI=1S/C18H14O6/c19-16(9-4-12-2-1-3-14(10-12)18(22)23)13-5-7-15(8-6-13)24-11-17(20)21/h1-10H,11H2,(H,20,21)(H,22,23). The predicted molar refractivity (Wildman–Crippen MR) is 86.3 cm³/mol. The molecule has 0 saturated carbocycles. The average Bonchev–Trinajstić information content (AvgIpc) is 2.58. The zero-order valence-electron chi connectivity index (χ0n) is 12.5. The van der Waals surface area contributed by atoms with Gasteiger partial charge in [-0.25, -0.2) is 9.59 Å². The van der Waals surface area contributed by atoms with E-state index in [0.717, 1.165) is 0 Å². The zero-order valence-corrected chi connectivity index (χ0v) is 12.5. The first-order chi connectivity index (χ1) is 11.5. The van der Waals surface area contributed by atoms with Gasteiger partial charge in [0.15, 0.2) is 12.4 Å². The van der Waals surface area contributed by atoms with Crippen LogP contribution in [0.5, 0.6) is 5.75 Å². The lowest BCUT2D eigenvalue weighted by molar-refractivity contribution is -0.139. The van der Waals surface area contributed by atoms with Gasteiger partial charge in [-0.05, 0) is 48.0 Å². The molecule has 2 rings (SSSR count). The number of aromatic carboxylic acids is 1. The van der Waals surface area contributed by atoms with Crippen molar-refractivity contribution in [3.8, 4) is 5.75 Å². The van der Waals surface area contributed by atoms with Crippen molar-refractivity contribution in [2.24, 2.45) is 0 Å². The third-order valence-electron chi connectivity index (χ3n) is 3.06. The van der Waals surface area contributed by atoms with Crippen molar-refractivity contribution in [3.63, 3.8) is 0 Å². The molecule has 0 radical (unpaired) electrons. The minimum atomic E-state index is -1.08. The highest BCUT2D eigenvalue weighted by Crippen LogP contribution is 2.14. The SMILES string of the molecule is O=C(O)COc1ccc(C(=O)C=Cc2cccc(C(=O)O)c2)cc1. The van der Waals surface area contributed by atoms with E-state index in [1.54, 1.807) is 12.1 Å². The normalized spacial score (nSPS) is 10.5. The number of benzene rings is 2. The van der Waals surface area contributed by atoms with Crippen molar-refractivity contribution in [3.05, 3.63) is 71.3 Å². The maximum Gasteiger partial charge on any atom is 0.341 e. The van der Waals surface area contributed by atoms with E-state index >= 15 is 0 Å². The third kappa shape index (κ3) is 4.81. The van der Waals surface area contributed by atoms with E-state index in [9.17, 15) is 14.4 Å². The fraction of sp³-hybridized carbons (Fsp3) is 0.0556. The average molecular weight is 326 g/mol. The van der Waals surface area contributed by atoms with Crippen molar-refractivity contribution in [1.82, 2.24) is 0 Å². The van der Waals surface area contributed by atoms with Crippen LogP contribution in [0.4, 0.5) is 0 Å². The summed E-state index contributed by atoms with van der Waals surface area (Å²) in [5.41, 5.74) is 1.15. The van der Waals surface area contributed by atoms with Crippen LogP contribution >= 0.6 is 0 Å². The fourth-order valence-electron chi connectivity index (χ4n) is 1.90. The lowest BCUT2D eigenvalue weighted by atomic mass is 10.1. The molecule has 122 valence electrons. The van der Waals surface area contributed by atoms with Gasteiger partial charge >= 0.3 is 11.9 Å². The molecule has 0 fully saturated rings. The Bertz CT molecular complexity index is 789. The topological polar surface area (TPSA) is 101 Å². The predicted octanol–water partition coefficient (Wildman–Crippen LogP) is 2.74. The number of carboxylic acids is 2. The number of hydrogen-bond donors (Lipinski definition) is 2. The van der Waals surface area contributed by atoms with Crippen LogP contribution in [0.25, 0.3) is 6.08 Å². The van der Waals surface area contributed by atoms with E-state index in [-0.39, 0.29) is 11.3 Å². The minimum Gasteiger partial charge on any atom is -0.482 e. The number of carbonyl (C=O) groups is 3. The molecule has 0 aliphatic rings. The number of ketones is 1. The van der Waals surface area contributed by atoms with E-state index in [0.29, 0.717) is 16.9 Å². The molecule has 0 aromatic heterocycles. The van der Waals surface area contributed by atoms with Gasteiger partial charge in [0.2, 0.25) is 0 Å². The van der Waals surface area contributed by atoms with Crippen molar-refractivity contribution in [2.75, 3.05) is 6.61 Å². The summed E-state index contributed by atoms with van der Waals surface area (Å²) >= 11 is 0. The molecule has 0 heterocycles. The van der Waals surface area contributed by atoms with Crippen LogP contribution in [0, 0.1) is 0 Å². The number of hydrogen-bond acceptors (Lipinski definition) is 4. The Morgan fingerprint density at radius 2 is 1.67 bits per heavy atom. The van der Waals surface area contributed by atoms with Gasteiger partial charge < -0.3 is 14.9 Å². The molecule has 6 heteroatoms. The molecular formula is C18H14O6. The second kappa shape index (κ2) is 7.73. The lowest BCUT2D eigenvalue weighted by Crippen LogP contribution is -2.09. The number of ether oxygens (including phenoxy) is 1. The zero-order chi connectivity index (χ0) is 17.5. The Labute approximate surface area is 137 Å². The first-order valence-corrected chi connectivity index (χ1v) is 6.96. The molecule has 0 amide bonds. The van der Waals surface area contributed by atoms with Gasteiger partial charge in [0, 0.05) is 5.56 Å². The Kier molecular flexibility index (Phi) is 5.46. The van der Waals surface area contributed by atoms with Gasteiger partial charge in [0.05, 0.1) is 5.56 Å². The summed E-state index contributed by atoms with van der Waals surface area (Å²) < 4.78 is 4.98. The maximum atomic E-state index is 12.1. The summed E-state index contributed by atoms with van der Waals surface area (Å²) in [4.78, 5) is 33.4. The summed E-state index contributed by atoms with van der Waals surface area (Å²) in [7, 11) is 0. The largest absolute Gasteiger partial charge is 0.482 e. The molecule has 24 heavy (non-hydrogen) atoms. The molecule has 0 bridgehead atoms. The van der Waals surface area contributed by atoms with Crippen molar-refractivity contribution < 1.29 is 29.3 Å². The molecule has 0 atom stereocenters. The molecule has 0 saturated heterocycles. The van der Waals surface area contributed by atoms with E-state index in [4.69, 9.17) is 14.9 Å². The van der Waals surface area contributed by atoms with Crippen LogP contribution in [-0.4, -0.2) is 34.5 Å². The highest BCUT2D eigenvalue weighted by molar-refractivity contribution is 6.07.